The van der Waals surface area contributed by atoms with Crippen LogP contribution in [0.4, 0.5) is 14.5 Å². The Hall–Kier alpha value is -1.32. The quantitative estimate of drug-likeness (QED) is 0.443. The monoisotopic (exact) mass is 413 g/mol. The fourth-order valence-corrected chi connectivity index (χ4v) is 1.88. The summed E-state index contributed by atoms with van der Waals surface area (Å²) in [6, 6.07) is 4.75. The number of guanidine groups is 1. The molecule has 1 fully saturated rings. The number of benzene rings is 1. The molecule has 1 aromatic rings. The lowest BCUT2D eigenvalue weighted by molar-refractivity contribution is 0.121. The number of nitrogens with zero attached hydrogens (tertiary/aromatic N) is 1. The van der Waals surface area contributed by atoms with Gasteiger partial charge in [-0.1, -0.05) is 0 Å². The molecule has 1 aromatic carbocycles. The number of methoxy groups -OCH3 is 2. The standard InChI is InChI=1S/C13H17F2N3O2.HI/c1-19-7-3-4-11(20-2)10(5-7)18-13(16)17-9-6-8(9)12(14)15;/h3-5,8-9,12H,6H2,1-2H3,(H3,16,17,18);1H/t8-,9-;/m0./s1. The Morgan fingerprint density at radius 1 is 1.38 bits per heavy atom. The van der Waals surface area contributed by atoms with Crippen molar-refractivity contribution in [3.8, 4) is 11.5 Å². The SMILES string of the molecule is COc1ccc(OC)c(NC(N)=N[C@H]2C[C@@H]2C(F)F)c1.I. The van der Waals surface area contributed by atoms with Gasteiger partial charge >= 0.3 is 0 Å². The maximum atomic E-state index is 12.4. The van der Waals surface area contributed by atoms with Crippen LogP contribution >= 0.6 is 24.0 Å². The van der Waals surface area contributed by atoms with Crippen LogP contribution in [-0.4, -0.2) is 32.6 Å². The zero-order valence-electron chi connectivity index (χ0n) is 11.7. The maximum absolute atomic E-state index is 12.4. The predicted octanol–water partition coefficient (Wildman–Crippen LogP) is 2.70. The van der Waals surface area contributed by atoms with Crippen molar-refractivity contribution in [3.63, 3.8) is 0 Å². The second-order valence-corrected chi connectivity index (χ2v) is 4.51. The third-order valence-corrected chi connectivity index (χ3v) is 3.10. The molecule has 0 aromatic heterocycles. The normalized spacial score (nSPS) is 20.7. The van der Waals surface area contributed by atoms with E-state index in [4.69, 9.17) is 15.2 Å². The highest BCUT2D eigenvalue weighted by Gasteiger charge is 2.44. The Bertz CT molecular complexity index is 514. The molecule has 1 aliphatic rings. The van der Waals surface area contributed by atoms with Crippen LogP contribution in [-0.2, 0) is 0 Å². The highest BCUT2D eigenvalue weighted by molar-refractivity contribution is 14.0. The highest BCUT2D eigenvalue weighted by atomic mass is 127. The molecule has 8 heteroatoms. The van der Waals surface area contributed by atoms with E-state index in [0.717, 1.165) is 0 Å². The van der Waals surface area contributed by atoms with Gasteiger partial charge in [0.1, 0.15) is 11.5 Å². The van der Waals surface area contributed by atoms with Crippen molar-refractivity contribution in [2.75, 3.05) is 19.5 Å². The first-order valence-electron chi connectivity index (χ1n) is 6.15. The number of anilines is 1. The number of aliphatic imine (C=N–C) groups is 1. The number of nitrogens with two attached hydrogens (primary N) is 1. The van der Waals surface area contributed by atoms with E-state index >= 15 is 0 Å². The van der Waals surface area contributed by atoms with E-state index in [-0.39, 0.29) is 29.9 Å². The van der Waals surface area contributed by atoms with Gasteiger partial charge in [-0.05, 0) is 18.6 Å². The summed E-state index contributed by atoms with van der Waals surface area (Å²) < 4.78 is 35.1. The summed E-state index contributed by atoms with van der Waals surface area (Å²) in [4.78, 5) is 4.02. The summed E-state index contributed by atoms with van der Waals surface area (Å²) in [5.41, 5.74) is 6.29. The lowest BCUT2D eigenvalue weighted by Gasteiger charge is -2.12. The van der Waals surface area contributed by atoms with Crippen LogP contribution in [0.5, 0.6) is 11.5 Å². The summed E-state index contributed by atoms with van der Waals surface area (Å²) in [5.74, 6) is 0.593. The summed E-state index contributed by atoms with van der Waals surface area (Å²) in [6.45, 7) is 0. The summed E-state index contributed by atoms with van der Waals surface area (Å²) in [7, 11) is 3.06. The van der Waals surface area contributed by atoms with E-state index in [2.05, 4.69) is 10.3 Å². The number of hydrogen-bond acceptors (Lipinski definition) is 3. The second kappa shape index (κ2) is 7.62. The molecule has 0 spiro atoms. The molecular formula is C13H18F2IN3O2. The Labute approximate surface area is 138 Å². The Balaban J connectivity index is 0.00000220. The number of halogens is 3. The molecule has 0 unspecified atom stereocenters. The maximum Gasteiger partial charge on any atom is 0.243 e. The molecule has 118 valence electrons. The topological polar surface area (TPSA) is 68.9 Å². The van der Waals surface area contributed by atoms with Gasteiger partial charge in [0, 0.05) is 12.0 Å². The molecule has 2 rings (SSSR count). The lowest BCUT2D eigenvalue weighted by Crippen LogP contribution is -2.23. The minimum Gasteiger partial charge on any atom is -0.497 e. The van der Waals surface area contributed by atoms with Crippen molar-refractivity contribution >= 4 is 35.6 Å². The van der Waals surface area contributed by atoms with E-state index in [1.54, 1.807) is 25.3 Å². The molecule has 3 N–H and O–H groups in total. The average molecular weight is 413 g/mol. The summed E-state index contributed by atoms with van der Waals surface area (Å²) >= 11 is 0. The van der Waals surface area contributed by atoms with Gasteiger partial charge in [-0.15, -0.1) is 24.0 Å². The van der Waals surface area contributed by atoms with E-state index in [1.807, 2.05) is 0 Å². The minimum atomic E-state index is -2.34. The van der Waals surface area contributed by atoms with Crippen molar-refractivity contribution in [2.45, 2.75) is 18.9 Å². The van der Waals surface area contributed by atoms with Crippen molar-refractivity contribution in [1.82, 2.24) is 0 Å². The van der Waals surface area contributed by atoms with Gasteiger partial charge in [0.15, 0.2) is 5.96 Å². The van der Waals surface area contributed by atoms with Crippen LogP contribution in [0.3, 0.4) is 0 Å². The molecular weight excluding hydrogens is 395 g/mol. The fraction of sp³-hybridized carbons (Fsp3) is 0.462. The number of rotatable bonds is 5. The Morgan fingerprint density at radius 3 is 2.62 bits per heavy atom. The first kappa shape index (κ1) is 17.7. The zero-order valence-corrected chi connectivity index (χ0v) is 14.0. The number of alkyl halides is 2. The van der Waals surface area contributed by atoms with E-state index in [0.29, 0.717) is 23.6 Å². The molecule has 0 heterocycles. The van der Waals surface area contributed by atoms with Crippen LogP contribution in [0.1, 0.15) is 6.42 Å². The molecule has 5 nitrogen and oxygen atoms in total. The van der Waals surface area contributed by atoms with Crippen molar-refractivity contribution < 1.29 is 18.3 Å². The van der Waals surface area contributed by atoms with Crippen molar-refractivity contribution in [2.24, 2.45) is 16.6 Å². The number of ether oxygens (including phenoxy) is 2. The molecule has 0 saturated heterocycles. The molecule has 2 atom stereocenters. The molecule has 0 bridgehead atoms. The largest absolute Gasteiger partial charge is 0.497 e. The van der Waals surface area contributed by atoms with Gasteiger partial charge in [0.25, 0.3) is 0 Å². The molecule has 21 heavy (non-hydrogen) atoms. The van der Waals surface area contributed by atoms with Crippen LogP contribution in [0, 0.1) is 5.92 Å². The molecule has 0 aliphatic heterocycles. The van der Waals surface area contributed by atoms with Crippen LogP contribution in [0.25, 0.3) is 0 Å². The summed E-state index contributed by atoms with van der Waals surface area (Å²) in [5, 5.41) is 2.84. The molecule has 0 radical (unpaired) electrons. The first-order chi connectivity index (χ1) is 9.55. The van der Waals surface area contributed by atoms with Crippen molar-refractivity contribution in [3.05, 3.63) is 18.2 Å². The molecule has 0 amide bonds. The number of nitrogens with one attached hydrogen (secondary N) is 1. The third-order valence-electron chi connectivity index (χ3n) is 3.10. The lowest BCUT2D eigenvalue weighted by atomic mass is 10.2. The molecule has 1 saturated carbocycles. The second-order valence-electron chi connectivity index (χ2n) is 4.51. The van der Waals surface area contributed by atoms with Gasteiger partial charge < -0.3 is 20.5 Å². The Kier molecular flexibility index (Phi) is 6.43. The zero-order chi connectivity index (χ0) is 14.7. The van der Waals surface area contributed by atoms with Crippen LogP contribution < -0.4 is 20.5 Å². The smallest absolute Gasteiger partial charge is 0.243 e. The van der Waals surface area contributed by atoms with Gasteiger partial charge in [-0.25, -0.2) is 13.8 Å². The van der Waals surface area contributed by atoms with Gasteiger partial charge in [-0.3, -0.25) is 0 Å². The average Bonchev–Trinajstić information content (AvgIpc) is 3.17. The highest BCUT2D eigenvalue weighted by Crippen LogP contribution is 2.39. The summed E-state index contributed by atoms with van der Waals surface area (Å²) in [6.07, 6.45) is -1.97. The van der Waals surface area contributed by atoms with E-state index in [1.165, 1.54) is 7.11 Å². The minimum absolute atomic E-state index is 0. The third kappa shape index (κ3) is 4.58. The Morgan fingerprint density at radius 2 is 2.10 bits per heavy atom. The number of hydrogen-bond donors (Lipinski definition) is 2. The van der Waals surface area contributed by atoms with E-state index in [9.17, 15) is 8.78 Å². The van der Waals surface area contributed by atoms with Crippen molar-refractivity contribution in [1.29, 1.82) is 0 Å². The molecule has 1 aliphatic carbocycles. The predicted molar refractivity (Wildman–Crippen MR) is 88.1 cm³/mol. The van der Waals surface area contributed by atoms with Gasteiger partial charge in [0.2, 0.25) is 6.43 Å². The fourth-order valence-electron chi connectivity index (χ4n) is 1.88. The van der Waals surface area contributed by atoms with Gasteiger partial charge in [-0.2, -0.15) is 0 Å². The van der Waals surface area contributed by atoms with Crippen LogP contribution in [0.15, 0.2) is 23.2 Å². The van der Waals surface area contributed by atoms with Crippen LogP contribution in [0.2, 0.25) is 0 Å². The van der Waals surface area contributed by atoms with Gasteiger partial charge in [0.05, 0.1) is 25.9 Å². The first-order valence-corrected chi connectivity index (χ1v) is 6.15. The van der Waals surface area contributed by atoms with E-state index < -0.39 is 18.4 Å².